The van der Waals surface area contributed by atoms with E-state index in [0.29, 0.717) is 30.3 Å². The first kappa shape index (κ1) is 35.0. The van der Waals surface area contributed by atoms with Crippen molar-refractivity contribution in [1.29, 1.82) is 0 Å². The highest BCUT2D eigenvalue weighted by Crippen LogP contribution is 2.35. The van der Waals surface area contributed by atoms with Crippen LogP contribution in [-0.4, -0.2) is 93.4 Å². The zero-order chi connectivity index (χ0) is 33.7. The third kappa shape index (κ3) is 8.57. The van der Waals surface area contributed by atoms with Crippen molar-refractivity contribution >= 4 is 33.9 Å². The van der Waals surface area contributed by atoms with Gasteiger partial charge < -0.3 is 30.0 Å². The highest BCUT2D eigenvalue weighted by atomic mass is 32.2. The molecule has 5 rings (SSSR count). The minimum absolute atomic E-state index is 0.00408. The second kappa shape index (κ2) is 15.2. The highest BCUT2D eigenvalue weighted by molar-refractivity contribution is 7.89. The number of nitrogens with zero attached hydrogens (tertiary/aromatic N) is 2. The fourth-order valence-corrected chi connectivity index (χ4v) is 7.79. The first-order chi connectivity index (χ1) is 22.4. The maximum Gasteiger partial charge on any atom is 0.407 e. The Kier molecular flexibility index (Phi) is 11.3. The van der Waals surface area contributed by atoms with Crippen LogP contribution in [0.15, 0.2) is 58.4 Å². The molecule has 0 aromatic heterocycles. The molecule has 47 heavy (non-hydrogen) atoms. The monoisotopic (exact) mass is 670 g/mol. The molecule has 256 valence electrons. The number of rotatable bonds is 14. The molecule has 0 spiro atoms. The molecule has 0 saturated carbocycles. The molecule has 13 heteroatoms. The van der Waals surface area contributed by atoms with E-state index in [1.807, 2.05) is 58.0 Å². The fourth-order valence-electron chi connectivity index (χ4n) is 6.13. The lowest BCUT2D eigenvalue weighted by Crippen LogP contribution is -2.51. The number of amides is 2. The lowest BCUT2D eigenvalue weighted by atomic mass is 10.0. The number of carbonyl (C=O) groups is 2. The Morgan fingerprint density at radius 1 is 1.13 bits per heavy atom. The van der Waals surface area contributed by atoms with Crippen LogP contribution in [0, 0.1) is 17.8 Å². The van der Waals surface area contributed by atoms with E-state index in [1.54, 1.807) is 12.3 Å². The van der Waals surface area contributed by atoms with Crippen LogP contribution in [0.1, 0.15) is 51.2 Å². The Balaban J connectivity index is 1.36. The quantitative estimate of drug-likeness (QED) is 0.258. The lowest BCUT2D eigenvalue weighted by molar-refractivity contribution is -0.115. The van der Waals surface area contributed by atoms with Gasteiger partial charge in [-0.3, -0.25) is 9.79 Å². The molecule has 6 atom stereocenters. The number of sulfonamides is 1. The predicted molar refractivity (Wildman–Crippen MR) is 177 cm³/mol. The second-order valence-corrected chi connectivity index (χ2v) is 15.3. The number of alkyl carbamates (subject to hydrolysis) is 1. The average molecular weight is 671 g/mol. The van der Waals surface area contributed by atoms with Gasteiger partial charge >= 0.3 is 6.09 Å². The van der Waals surface area contributed by atoms with Crippen molar-refractivity contribution in [1.82, 2.24) is 9.62 Å². The summed E-state index contributed by atoms with van der Waals surface area (Å²) in [6, 6.07) is 13.0. The Hall–Kier alpha value is -3.36. The number of ether oxygens (including phenoxy) is 3. The number of aliphatic hydroxyl groups is 1. The molecular weight excluding hydrogens is 624 g/mol. The number of hydrogen-bond acceptors (Lipinski definition) is 9. The third-order valence-corrected chi connectivity index (χ3v) is 10.4. The molecule has 3 N–H and O–H groups in total. The summed E-state index contributed by atoms with van der Waals surface area (Å²) >= 11 is 0. The van der Waals surface area contributed by atoms with E-state index in [4.69, 9.17) is 14.2 Å². The molecule has 2 aromatic rings. The largest absolute Gasteiger partial charge is 0.443 e. The van der Waals surface area contributed by atoms with Crippen LogP contribution >= 0.6 is 0 Å². The maximum atomic E-state index is 14.2. The predicted octanol–water partition coefficient (Wildman–Crippen LogP) is 3.56. The van der Waals surface area contributed by atoms with Crippen molar-refractivity contribution < 1.29 is 37.3 Å². The molecule has 2 saturated heterocycles. The number of benzene rings is 2. The van der Waals surface area contributed by atoms with Gasteiger partial charge in [-0.05, 0) is 54.0 Å². The molecule has 3 heterocycles. The van der Waals surface area contributed by atoms with Crippen LogP contribution in [0.2, 0.25) is 0 Å². The van der Waals surface area contributed by atoms with Crippen LogP contribution in [0.25, 0.3) is 0 Å². The van der Waals surface area contributed by atoms with Crippen molar-refractivity contribution in [3.8, 4) is 0 Å². The van der Waals surface area contributed by atoms with Crippen LogP contribution in [0.4, 0.5) is 10.5 Å². The zero-order valence-electron chi connectivity index (χ0n) is 27.4. The summed E-state index contributed by atoms with van der Waals surface area (Å²) in [6.45, 7) is 8.98. The summed E-state index contributed by atoms with van der Waals surface area (Å²) < 4.78 is 46.4. The number of fused-ring (bicyclic) bond motifs is 2. The van der Waals surface area contributed by atoms with Crippen molar-refractivity contribution in [2.24, 2.45) is 22.7 Å². The van der Waals surface area contributed by atoms with Gasteiger partial charge in [0.2, 0.25) is 15.9 Å². The Labute approximate surface area is 276 Å². The Morgan fingerprint density at radius 3 is 2.62 bits per heavy atom. The second-order valence-electron chi connectivity index (χ2n) is 13.3. The molecule has 0 bridgehead atoms. The fraction of sp³-hybridized carbons (Fsp3) is 0.559. The summed E-state index contributed by atoms with van der Waals surface area (Å²) in [7, 11) is -4.14. The number of carbonyl (C=O) groups excluding carboxylic acids is 2. The van der Waals surface area contributed by atoms with E-state index in [0.717, 1.165) is 12.0 Å². The van der Waals surface area contributed by atoms with E-state index in [-0.39, 0.29) is 55.0 Å². The average Bonchev–Trinajstić information content (AvgIpc) is 3.72. The van der Waals surface area contributed by atoms with Gasteiger partial charge in [0.05, 0.1) is 36.2 Å². The van der Waals surface area contributed by atoms with Crippen LogP contribution in [-0.2, 0) is 35.4 Å². The van der Waals surface area contributed by atoms with Crippen LogP contribution in [0.5, 0.6) is 0 Å². The molecule has 12 nitrogen and oxygen atoms in total. The standard InChI is InChI=1S/C34H46N4O8S/c1-21(2)16-35-17-27-26-15-24(10-11-28(26)36-32(27)40)47(42,43)38(18-22(3)4)19-30(39)29(14-23-8-6-5-7-9-23)37-34(41)46-31-20-45-33-25(31)12-13-44-33/h5-11,15,17,21-22,25,27,29-31,33,39H,12-14,16,18-20H2,1-4H3,(H,36,40)(H,37,41). The first-order valence-electron chi connectivity index (χ1n) is 16.3. The van der Waals surface area contributed by atoms with Gasteiger partial charge in [0.25, 0.3) is 0 Å². The van der Waals surface area contributed by atoms with Crippen molar-refractivity contribution in [2.45, 2.75) is 75.9 Å². The number of nitrogens with one attached hydrogen (secondary N) is 2. The molecule has 3 aliphatic rings. The minimum Gasteiger partial charge on any atom is -0.443 e. The number of aliphatic hydroxyl groups excluding tert-OH is 1. The number of anilines is 1. The van der Waals surface area contributed by atoms with Crippen molar-refractivity contribution in [3.05, 3.63) is 59.7 Å². The van der Waals surface area contributed by atoms with Gasteiger partial charge in [-0.25, -0.2) is 13.2 Å². The van der Waals surface area contributed by atoms with Gasteiger partial charge in [-0.2, -0.15) is 4.31 Å². The van der Waals surface area contributed by atoms with E-state index in [9.17, 15) is 23.1 Å². The van der Waals surface area contributed by atoms with Crippen molar-refractivity contribution in [3.63, 3.8) is 0 Å². The summed E-state index contributed by atoms with van der Waals surface area (Å²) in [5, 5.41) is 17.2. The van der Waals surface area contributed by atoms with Gasteiger partial charge in [0.1, 0.15) is 12.0 Å². The SMILES string of the molecule is CC(C)CN=CC1C(=O)Nc2ccc(S(=O)(=O)N(CC(C)C)CC(O)C(Cc3ccccc3)NC(=O)OC3COC4OCCC34)cc21. The summed E-state index contributed by atoms with van der Waals surface area (Å²) in [4.78, 5) is 30.3. The molecule has 2 fully saturated rings. The highest BCUT2D eigenvalue weighted by Gasteiger charge is 2.44. The number of hydrogen-bond donors (Lipinski definition) is 3. The van der Waals surface area contributed by atoms with Gasteiger partial charge in [0, 0.05) is 31.5 Å². The summed E-state index contributed by atoms with van der Waals surface area (Å²) in [5.41, 5.74) is 1.93. The van der Waals surface area contributed by atoms with Crippen molar-refractivity contribution in [2.75, 3.05) is 38.2 Å². The first-order valence-corrected chi connectivity index (χ1v) is 17.7. The van der Waals surface area contributed by atoms with E-state index < -0.39 is 40.3 Å². The third-order valence-electron chi connectivity index (χ3n) is 8.53. The molecule has 2 amide bonds. The van der Waals surface area contributed by atoms with Gasteiger partial charge in [-0.15, -0.1) is 0 Å². The minimum atomic E-state index is -4.14. The van der Waals surface area contributed by atoms with Crippen LogP contribution in [0.3, 0.4) is 0 Å². The number of aliphatic imine (C=N–C) groups is 1. The molecule has 6 unspecified atom stereocenters. The molecule has 0 aliphatic carbocycles. The molecule has 3 aliphatic heterocycles. The molecular formula is C34H46N4O8S. The Bertz CT molecular complexity index is 1530. The maximum absolute atomic E-state index is 14.2. The molecule has 0 radical (unpaired) electrons. The van der Waals surface area contributed by atoms with E-state index in [2.05, 4.69) is 15.6 Å². The van der Waals surface area contributed by atoms with Gasteiger partial charge in [0.15, 0.2) is 6.29 Å². The van der Waals surface area contributed by atoms with E-state index in [1.165, 1.54) is 16.4 Å². The van der Waals surface area contributed by atoms with E-state index >= 15 is 0 Å². The summed E-state index contributed by atoms with van der Waals surface area (Å²) in [6.07, 6.45) is -0.326. The van der Waals surface area contributed by atoms with Crippen LogP contribution < -0.4 is 10.6 Å². The normalized spacial score (nSPS) is 23.7. The smallest absolute Gasteiger partial charge is 0.407 e. The summed E-state index contributed by atoms with van der Waals surface area (Å²) in [5.74, 6) is -0.780. The van der Waals surface area contributed by atoms with Gasteiger partial charge in [-0.1, -0.05) is 58.0 Å². The molecule has 2 aromatic carbocycles. The topological polar surface area (TPSA) is 156 Å². The Morgan fingerprint density at radius 2 is 1.89 bits per heavy atom. The lowest BCUT2D eigenvalue weighted by Gasteiger charge is -2.31. The zero-order valence-corrected chi connectivity index (χ0v) is 28.2.